The maximum atomic E-state index is 12.9. The molecule has 0 aliphatic carbocycles. The number of nitrogens with one attached hydrogen (secondary N) is 3. The summed E-state index contributed by atoms with van der Waals surface area (Å²) in [6.07, 6.45) is 1.05. The van der Waals surface area contributed by atoms with Gasteiger partial charge in [-0.05, 0) is 55.4 Å². The number of hydrogen-bond acceptors (Lipinski definition) is 3. The molecule has 0 saturated heterocycles. The largest absolute Gasteiger partial charge is 0.351 e. The minimum Gasteiger partial charge on any atom is -0.351 e. The molecule has 0 bridgehead atoms. The van der Waals surface area contributed by atoms with Gasteiger partial charge in [-0.15, -0.1) is 12.4 Å². The highest BCUT2D eigenvalue weighted by molar-refractivity contribution is 6.05. The fourth-order valence-corrected chi connectivity index (χ4v) is 2.21. The fourth-order valence-electron chi connectivity index (χ4n) is 2.21. The number of halogens is 2. The lowest BCUT2D eigenvalue weighted by atomic mass is 10.1. The van der Waals surface area contributed by atoms with Crippen LogP contribution in [0.2, 0.25) is 0 Å². The van der Waals surface area contributed by atoms with Gasteiger partial charge >= 0.3 is 0 Å². The predicted octanol–water partition coefficient (Wildman–Crippen LogP) is 3.23. The average Bonchev–Trinajstić information content (AvgIpc) is 2.62. The van der Waals surface area contributed by atoms with Gasteiger partial charge in [0.25, 0.3) is 11.8 Å². The Hall–Kier alpha value is -2.44. The van der Waals surface area contributed by atoms with E-state index >= 15 is 0 Å². The lowest BCUT2D eigenvalue weighted by Gasteiger charge is -2.09. The molecule has 26 heavy (non-hydrogen) atoms. The first kappa shape index (κ1) is 21.6. The second kappa shape index (κ2) is 11.2. The third-order valence-corrected chi connectivity index (χ3v) is 3.50. The van der Waals surface area contributed by atoms with Crippen molar-refractivity contribution in [3.63, 3.8) is 0 Å². The van der Waals surface area contributed by atoms with Crippen LogP contribution in [0, 0.1) is 5.82 Å². The van der Waals surface area contributed by atoms with Crippen LogP contribution in [-0.4, -0.2) is 31.4 Å². The summed E-state index contributed by atoms with van der Waals surface area (Å²) in [5.74, 6) is -0.957. The molecule has 5 nitrogen and oxygen atoms in total. The molecule has 0 atom stereocenters. The van der Waals surface area contributed by atoms with E-state index in [2.05, 4.69) is 22.9 Å². The highest BCUT2D eigenvalue weighted by Crippen LogP contribution is 2.13. The van der Waals surface area contributed by atoms with Crippen molar-refractivity contribution in [2.45, 2.75) is 13.3 Å². The number of amides is 2. The number of rotatable bonds is 8. The summed E-state index contributed by atoms with van der Waals surface area (Å²) in [6.45, 7) is 4.24. The molecule has 0 aromatic heterocycles. The summed E-state index contributed by atoms with van der Waals surface area (Å²) in [6, 6.07) is 12.0. The van der Waals surface area contributed by atoms with Crippen molar-refractivity contribution in [1.29, 1.82) is 0 Å². The first-order valence-corrected chi connectivity index (χ1v) is 8.26. The molecule has 0 radical (unpaired) electrons. The maximum Gasteiger partial charge on any atom is 0.255 e. The zero-order valence-electron chi connectivity index (χ0n) is 14.5. The molecule has 0 aliphatic heterocycles. The van der Waals surface area contributed by atoms with E-state index in [1.54, 1.807) is 24.3 Å². The van der Waals surface area contributed by atoms with E-state index in [4.69, 9.17) is 0 Å². The van der Waals surface area contributed by atoms with Crippen molar-refractivity contribution in [3.8, 4) is 0 Å². The van der Waals surface area contributed by atoms with Gasteiger partial charge in [-0.1, -0.05) is 13.0 Å². The number of benzene rings is 2. The lowest BCUT2D eigenvalue weighted by molar-refractivity contribution is 0.0952. The monoisotopic (exact) mass is 379 g/mol. The molecular weight excluding hydrogens is 357 g/mol. The van der Waals surface area contributed by atoms with Crippen molar-refractivity contribution in [2.24, 2.45) is 0 Å². The Morgan fingerprint density at radius 2 is 1.65 bits per heavy atom. The van der Waals surface area contributed by atoms with Crippen LogP contribution in [0.3, 0.4) is 0 Å². The zero-order valence-corrected chi connectivity index (χ0v) is 15.4. The van der Waals surface area contributed by atoms with Crippen LogP contribution in [0.15, 0.2) is 48.5 Å². The lowest BCUT2D eigenvalue weighted by Crippen LogP contribution is -2.32. The second-order valence-corrected chi connectivity index (χ2v) is 5.55. The molecule has 2 aromatic rings. The Balaban J connectivity index is 0.00000338. The van der Waals surface area contributed by atoms with Gasteiger partial charge in [0.1, 0.15) is 5.82 Å². The average molecular weight is 380 g/mol. The molecule has 0 aliphatic rings. The van der Waals surface area contributed by atoms with Crippen molar-refractivity contribution >= 4 is 29.9 Å². The van der Waals surface area contributed by atoms with E-state index < -0.39 is 5.82 Å². The molecule has 0 spiro atoms. The molecular formula is C19H23ClFN3O2. The van der Waals surface area contributed by atoms with Gasteiger partial charge in [0.05, 0.1) is 0 Å². The fraction of sp³-hybridized carbons (Fsp3) is 0.263. The van der Waals surface area contributed by atoms with Crippen LogP contribution in [0.25, 0.3) is 0 Å². The summed E-state index contributed by atoms with van der Waals surface area (Å²) in [7, 11) is 0. The van der Waals surface area contributed by atoms with E-state index in [0.29, 0.717) is 29.9 Å². The Kier molecular flexibility index (Phi) is 9.33. The Morgan fingerprint density at radius 3 is 2.35 bits per heavy atom. The van der Waals surface area contributed by atoms with Crippen molar-refractivity contribution in [1.82, 2.24) is 10.6 Å². The molecule has 3 N–H and O–H groups in total. The molecule has 0 heterocycles. The standard InChI is InChI=1S/C19H22FN3O2.ClH/c1-2-10-21-11-12-22-18(24)15-4-3-5-17(13-15)23-19(25)14-6-8-16(20)9-7-14;/h3-9,13,21H,2,10-12H2,1H3,(H,22,24)(H,23,25);1H. The number of hydrogen-bond donors (Lipinski definition) is 3. The minimum atomic E-state index is -0.399. The number of carbonyl (C=O) groups is 2. The maximum absolute atomic E-state index is 12.9. The first-order chi connectivity index (χ1) is 12.1. The quantitative estimate of drug-likeness (QED) is 0.617. The van der Waals surface area contributed by atoms with Gasteiger partial charge in [0.15, 0.2) is 0 Å². The van der Waals surface area contributed by atoms with Gasteiger partial charge in [0.2, 0.25) is 0 Å². The van der Waals surface area contributed by atoms with Crippen LogP contribution < -0.4 is 16.0 Å². The number of anilines is 1. The van der Waals surface area contributed by atoms with E-state index in [-0.39, 0.29) is 24.2 Å². The topological polar surface area (TPSA) is 70.2 Å². The van der Waals surface area contributed by atoms with E-state index in [1.165, 1.54) is 24.3 Å². The predicted molar refractivity (Wildman–Crippen MR) is 104 cm³/mol. The van der Waals surface area contributed by atoms with Crippen LogP contribution in [0.4, 0.5) is 10.1 Å². The first-order valence-electron chi connectivity index (χ1n) is 8.26. The van der Waals surface area contributed by atoms with E-state index in [1.807, 2.05) is 0 Å². The molecule has 0 fully saturated rings. The van der Waals surface area contributed by atoms with Gasteiger partial charge in [0, 0.05) is 29.9 Å². The summed E-state index contributed by atoms with van der Waals surface area (Å²) in [5.41, 5.74) is 1.32. The zero-order chi connectivity index (χ0) is 18.1. The van der Waals surface area contributed by atoms with Crippen LogP contribution in [-0.2, 0) is 0 Å². The Labute approximate surface area is 158 Å². The molecule has 140 valence electrons. The van der Waals surface area contributed by atoms with E-state index in [0.717, 1.165) is 13.0 Å². The second-order valence-electron chi connectivity index (χ2n) is 5.55. The third-order valence-electron chi connectivity index (χ3n) is 3.50. The van der Waals surface area contributed by atoms with Gasteiger partial charge in [-0.2, -0.15) is 0 Å². The molecule has 2 aromatic carbocycles. The van der Waals surface area contributed by atoms with Crippen molar-refractivity contribution in [3.05, 3.63) is 65.5 Å². The van der Waals surface area contributed by atoms with Gasteiger partial charge in [-0.3, -0.25) is 9.59 Å². The van der Waals surface area contributed by atoms with E-state index in [9.17, 15) is 14.0 Å². The third kappa shape index (κ3) is 6.82. The Morgan fingerprint density at radius 1 is 0.923 bits per heavy atom. The smallest absolute Gasteiger partial charge is 0.255 e. The summed E-state index contributed by atoms with van der Waals surface area (Å²) >= 11 is 0. The van der Waals surface area contributed by atoms with Gasteiger partial charge in [-0.25, -0.2) is 4.39 Å². The summed E-state index contributed by atoms with van der Waals surface area (Å²) < 4.78 is 12.9. The minimum absolute atomic E-state index is 0. The SMILES string of the molecule is CCCNCCNC(=O)c1cccc(NC(=O)c2ccc(F)cc2)c1.Cl. The molecule has 2 rings (SSSR count). The van der Waals surface area contributed by atoms with Crippen LogP contribution in [0.5, 0.6) is 0 Å². The van der Waals surface area contributed by atoms with Crippen molar-refractivity contribution < 1.29 is 14.0 Å². The highest BCUT2D eigenvalue weighted by Gasteiger charge is 2.09. The van der Waals surface area contributed by atoms with Crippen molar-refractivity contribution in [2.75, 3.05) is 25.0 Å². The molecule has 0 unspecified atom stereocenters. The molecule has 2 amide bonds. The van der Waals surface area contributed by atoms with Gasteiger partial charge < -0.3 is 16.0 Å². The van der Waals surface area contributed by atoms with Crippen LogP contribution in [0.1, 0.15) is 34.1 Å². The normalized spacial score (nSPS) is 9.92. The summed E-state index contributed by atoms with van der Waals surface area (Å²) in [5, 5.41) is 8.73. The Bertz CT molecular complexity index is 723. The molecule has 7 heteroatoms. The summed E-state index contributed by atoms with van der Waals surface area (Å²) in [4.78, 5) is 24.3. The van der Waals surface area contributed by atoms with Crippen LogP contribution >= 0.6 is 12.4 Å². The highest BCUT2D eigenvalue weighted by atomic mass is 35.5. The number of carbonyl (C=O) groups excluding carboxylic acids is 2. The molecule has 0 saturated carbocycles.